The van der Waals surface area contributed by atoms with Crippen LogP contribution in [0.2, 0.25) is 0 Å². The SMILES string of the molecule is CCCCNC1=C(N2CCOCC2)C(O)C1=O. The van der Waals surface area contributed by atoms with E-state index in [-0.39, 0.29) is 5.78 Å². The predicted molar refractivity (Wildman–Crippen MR) is 63.3 cm³/mol. The lowest BCUT2D eigenvalue weighted by Crippen LogP contribution is -2.52. The maximum atomic E-state index is 11.6. The molecule has 0 bridgehead atoms. The zero-order chi connectivity index (χ0) is 12.3. The summed E-state index contributed by atoms with van der Waals surface area (Å²) in [5.74, 6) is -0.178. The Hall–Kier alpha value is -1.07. The Morgan fingerprint density at radius 2 is 2.18 bits per heavy atom. The van der Waals surface area contributed by atoms with Crippen LogP contribution in [0.1, 0.15) is 19.8 Å². The lowest BCUT2D eigenvalue weighted by atomic mass is 9.93. The monoisotopic (exact) mass is 240 g/mol. The number of Topliss-reactive ketones (excluding diaryl/α,β-unsaturated/α-hetero) is 1. The van der Waals surface area contributed by atoms with Crippen LogP contribution in [0, 0.1) is 0 Å². The van der Waals surface area contributed by atoms with Crippen molar-refractivity contribution < 1.29 is 14.6 Å². The van der Waals surface area contributed by atoms with Crippen molar-refractivity contribution in [2.75, 3.05) is 32.8 Å². The van der Waals surface area contributed by atoms with E-state index in [1.165, 1.54) is 0 Å². The first-order valence-corrected chi connectivity index (χ1v) is 6.28. The van der Waals surface area contributed by atoms with Gasteiger partial charge in [0, 0.05) is 19.6 Å². The molecule has 1 saturated heterocycles. The van der Waals surface area contributed by atoms with Gasteiger partial charge < -0.3 is 20.1 Å². The van der Waals surface area contributed by atoms with Crippen molar-refractivity contribution in [1.29, 1.82) is 0 Å². The van der Waals surface area contributed by atoms with Crippen LogP contribution in [0.5, 0.6) is 0 Å². The van der Waals surface area contributed by atoms with Crippen molar-refractivity contribution in [3.63, 3.8) is 0 Å². The molecular weight excluding hydrogens is 220 g/mol. The molecule has 5 heteroatoms. The fraction of sp³-hybridized carbons (Fsp3) is 0.750. The summed E-state index contributed by atoms with van der Waals surface area (Å²) in [6, 6.07) is 0. The molecule has 0 radical (unpaired) electrons. The molecule has 1 aliphatic heterocycles. The summed E-state index contributed by atoms with van der Waals surface area (Å²) in [4.78, 5) is 13.6. The van der Waals surface area contributed by atoms with Gasteiger partial charge in [0.15, 0.2) is 6.10 Å². The summed E-state index contributed by atoms with van der Waals surface area (Å²) in [7, 11) is 0. The zero-order valence-corrected chi connectivity index (χ0v) is 10.2. The quantitative estimate of drug-likeness (QED) is 0.655. The van der Waals surface area contributed by atoms with E-state index in [0.29, 0.717) is 18.9 Å². The highest BCUT2D eigenvalue weighted by molar-refractivity contribution is 6.07. The first kappa shape index (κ1) is 12.4. The Morgan fingerprint density at radius 1 is 1.47 bits per heavy atom. The van der Waals surface area contributed by atoms with Crippen LogP contribution in [0.25, 0.3) is 0 Å². The van der Waals surface area contributed by atoms with E-state index in [4.69, 9.17) is 4.74 Å². The average Bonchev–Trinajstić information content (AvgIpc) is 2.38. The fourth-order valence-corrected chi connectivity index (χ4v) is 2.15. The van der Waals surface area contributed by atoms with Crippen LogP contribution in [0.3, 0.4) is 0 Å². The van der Waals surface area contributed by atoms with Gasteiger partial charge in [-0.15, -0.1) is 0 Å². The predicted octanol–water partition coefficient (Wildman–Crippen LogP) is -0.137. The molecular formula is C12H20N2O3. The Labute approximate surface area is 101 Å². The highest BCUT2D eigenvalue weighted by atomic mass is 16.5. The molecule has 0 aromatic heterocycles. The molecule has 1 atom stereocenters. The standard InChI is InChI=1S/C12H20N2O3/c1-2-3-4-13-9-10(12(16)11(9)15)14-5-7-17-8-6-14/h12-13,16H,2-8H2,1H3. The maximum absolute atomic E-state index is 11.6. The Morgan fingerprint density at radius 3 is 2.82 bits per heavy atom. The number of aliphatic hydroxyl groups is 1. The molecule has 1 heterocycles. The summed E-state index contributed by atoms with van der Waals surface area (Å²) in [5, 5.41) is 12.9. The van der Waals surface area contributed by atoms with E-state index >= 15 is 0 Å². The van der Waals surface area contributed by atoms with E-state index in [1.54, 1.807) is 0 Å². The number of rotatable bonds is 5. The lowest BCUT2D eigenvalue weighted by Gasteiger charge is -2.39. The van der Waals surface area contributed by atoms with Crippen molar-refractivity contribution in [3.05, 3.63) is 11.4 Å². The summed E-state index contributed by atoms with van der Waals surface area (Å²) >= 11 is 0. The largest absolute Gasteiger partial charge is 0.381 e. The normalized spacial score (nSPS) is 24.9. The van der Waals surface area contributed by atoms with Gasteiger partial charge in [-0.3, -0.25) is 4.79 Å². The molecule has 1 unspecified atom stereocenters. The van der Waals surface area contributed by atoms with Gasteiger partial charge in [0.25, 0.3) is 0 Å². The molecule has 0 aromatic rings. The molecule has 1 fully saturated rings. The number of hydrogen-bond donors (Lipinski definition) is 2. The van der Waals surface area contributed by atoms with Crippen LogP contribution in [-0.2, 0) is 9.53 Å². The van der Waals surface area contributed by atoms with Gasteiger partial charge >= 0.3 is 0 Å². The number of nitrogens with zero attached hydrogens (tertiary/aromatic N) is 1. The molecule has 2 N–H and O–H groups in total. The number of carbonyl (C=O) groups is 1. The van der Waals surface area contributed by atoms with E-state index in [2.05, 4.69) is 12.2 Å². The summed E-state index contributed by atoms with van der Waals surface area (Å²) in [5.41, 5.74) is 1.36. The highest BCUT2D eigenvalue weighted by Gasteiger charge is 2.41. The van der Waals surface area contributed by atoms with Crippen molar-refractivity contribution >= 4 is 5.78 Å². The minimum atomic E-state index is -0.933. The maximum Gasteiger partial charge on any atom is 0.215 e. The Kier molecular flexibility index (Phi) is 4.02. The molecule has 0 amide bonds. The number of unbranched alkanes of at least 4 members (excludes halogenated alkanes) is 1. The van der Waals surface area contributed by atoms with Gasteiger partial charge in [-0.05, 0) is 6.42 Å². The van der Waals surface area contributed by atoms with Crippen LogP contribution < -0.4 is 5.32 Å². The van der Waals surface area contributed by atoms with Crippen molar-refractivity contribution in [1.82, 2.24) is 10.2 Å². The Bertz CT molecular complexity index is 322. The number of carbonyl (C=O) groups excluding carboxylic acids is 1. The molecule has 96 valence electrons. The van der Waals surface area contributed by atoms with E-state index in [0.717, 1.165) is 38.2 Å². The first-order valence-electron chi connectivity index (χ1n) is 6.28. The van der Waals surface area contributed by atoms with Crippen LogP contribution >= 0.6 is 0 Å². The number of aliphatic hydroxyl groups excluding tert-OH is 1. The second-order valence-electron chi connectivity index (χ2n) is 4.41. The summed E-state index contributed by atoms with van der Waals surface area (Å²) in [6.07, 6.45) is 1.19. The van der Waals surface area contributed by atoms with Gasteiger partial charge in [-0.25, -0.2) is 0 Å². The van der Waals surface area contributed by atoms with Gasteiger partial charge in [-0.2, -0.15) is 0 Å². The van der Waals surface area contributed by atoms with Gasteiger partial charge in [0.2, 0.25) is 5.78 Å². The van der Waals surface area contributed by atoms with Crippen molar-refractivity contribution in [3.8, 4) is 0 Å². The molecule has 0 saturated carbocycles. The van der Waals surface area contributed by atoms with Crippen LogP contribution in [0.4, 0.5) is 0 Å². The second-order valence-corrected chi connectivity index (χ2v) is 4.41. The first-order chi connectivity index (χ1) is 8.25. The smallest absolute Gasteiger partial charge is 0.215 e. The molecule has 2 rings (SSSR count). The molecule has 2 aliphatic rings. The average molecular weight is 240 g/mol. The van der Waals surface area contributed by atoms with E-state index in [9.17, 15) is 9.90 Å². The molecule has 0 spiro atoms. The van der Waals surface area contributed by atoms with Gasteiger partial charge in [0.05, 0.1) is 18.9 Å². The van der Waals surface area contributed by atoms with Gasteiger partial charge in [-0.1, -0.05) is 13.3 Å². The molecule has 17 heavy (non-hydrogen) atoms. The summed E-state index contributed by atoms with van der Waals surface area (Å²) < 4.78 is 5.26. The lowest BCUT2D eigenvalue weighted by molar-refractivity contribution is -0.127. The Balaban J connectivity index is 2.01. The van der Waals surface area contributed by atoms with Crippen molar-refractivity contribution in [2.45, 2.75) is 25.9 Å². The van der Waals surface area contributed by atoms with Crippen LogP contribution in [-0.4, -0.2) is 54.7 Å². The fourth-order valence-electron chi connectivity index (χ4n) is 2.15. The van der Waals surface area contributed by atoms with Crippen LogP contribution in [0.15, 0.2) is 11.4 Å². The summed E-state index contributed by atoms with van der Waals surface area (Å²) in [6.45, 7) is 5.71. The second kappa shape index (κ2) is 5.51. The third-order valence-electron chi connectivity index (χ3n) is 3.19. The molecule has 5 nitrogen and oxygen atoms in total. The number of morpholine rings is 1. The highest BCUT2D eigenvalue weighted by Crippen LogP contribution is 2.27. The zero-order valence-electron chi connectivity index (χ0n) is 10.2. The number of ether oxygens (including phenoxy) is 1. The van der Waals surface area contributed by atoms with Crippen molar-refractivity contribution in [2.24, 2.45) is 0 Å². The topological polar surface area (TPSA) is 61.8 Å². The third kappa shape index (κ3) is 2.45. The number of ketones is 1. The van der Waals surface area contributed by atoms with E-state index in [1.807, 2.05) is 4.90 Å². The third-order valence-corrected chi connectivity index (χ3v) is 3.19. The minimum absolute atomic E-state index is 0.178. The van der Waals surface area contributed by atoms with E-state index < -0.39 is 6.10 Å². The van der Waals surface area contributed by atoms with Gasteiger partial charge in [0.1, 0.15) is 5.70 Å². The molecule has 0 aromatic carbocycles. The number of hydrogen-bond acceptors (Lipinski definition) is 5. The molecule has 1 aliphatic carbocycles. The minimum Gasteiger partial charge on any atom is -0.381 e. The number of nitrogens with one attached hydrogen (secondary N) is 1.